The molecule has 0 bridgehead atoms. The predicted molar refractivity (Wildman–Crippen MR) is 91.0 cm³/mol. The Morgan fingerprint density at radius 2 is 1.59 bits per heavy atom. The Hall–Kier alpha value is -2.42. The highest BCUT2D eigenvalue weighted by Gasteiger charge is 2.13. The van der Waals surface area contributed by atoms with Crippen LogP contribution in [0.25, 0.3) is 22.2 Å². The first-order valence-corrected chi connectivity index (χ1v) is 7.97. The van der Waals surface area contributed by atoms with Gasteiger partial charge in [-0.05, 0) is 42.5 Å². The van der Waals surface area contributed by atoms with Crippen molar-refractivity contribution in [2.75, 3.05) is 18.0 Å². The van der Waals surface area contributed by atoms with Crippen LogP contribution in [0.5, 0.6) is 0 Å². The molecule has 0 radical (unpaired) electrons. The smallest absolute Gasteiger partial charge is 0.147 e. The normalized spacial score (nSPS) is 15.2. The summed E-state index contributed by atoms with van der Waals surface area (Å²) in [5.74, 6) is 1.01. The van der Waals surface area contributed by atoms with Crippen LogP contribution in [0, 0.1) is 0 Å². The van der Waals surface area contributed by atoms with Crippen LogP contribution in [0.1, 0.15) is 19.3 Å². The van der Waals surface area contributed by atoms with E-state index in [1.54, 1.807) is 0 Å². The number of fused-ring (bicyclic) bond motifs is 1. The summed E-state index contributed by atoms with van der Waals surface area (Å²) in [5.41, 5.74) is 4.35. The fourth-order valence-corrected chi connectivity index (χ4v) is 3.09. The molecule has 2 aromatic carbocycles. The number of aromatic nitrogens is 2. The summed E-state index contributed by atoms with van der Waals surface area (Å²) < 4.78 is 0. The van der Waals surface area contributed by atoms with E-state index in [9.17, 15) is 0 Å². The van der Waals surface area contributed by atoms with Gasteiger partial charge in [-0.25, -0.2) is 4.98 Å². The average Bonchev–Trinajstić information content (AvgIpc) is 2.62. The van der Waals surface area contributed by atoms with Crippen molar-refractivity contribution in [2.45, 2.75) is 19.3 Å². The molecule has 3 aromatic rings. The molecular weight excluding hydrogens is 270 g/mol. The standard InChI is InChI=1S/C19H19N3/c1-3-7-15(8-4-1)16-9-10-17-18(13-16)21-19(14-20-17)22-11-5-2-6-12-22/h1,3-4,7-10,13-14H,2,5-6,11-12H2. The first kappa shape index (κ1) is 13.3. The fraction of sp³-hybridized carbons (Fsp3) is 0.263. The van der Waals surface area contributed by atoms with E-state index in [0.717, 1.165) is 29.9 Å². The largest absolute Gasteiger partial charge is 0.355 e. The lowest BCUT2D eigenvalue weighted by atomic mass is 10.1. The second-order valence-corrected chi connectivity index (χ2v) is 5.85. The van der Waals surface area contributed by atoms with Crippen LogP contribution < -0.4 is 4.90 Å². The molecule has 1 aliphatic rings. The van der Waals surface area contributed by atoms with E-state index in [0.29, 0.717) is 0 Å². The van der Waals surface area contributed by atoms with Gasteiger partial charge in [-0.1, -0.05) is 36.4 Å². The first-order chi connectivity index (χ1) is 10.9. The minimum absolute atomic E-state index is 0.959. The van der Waals surface area contributed by atoms with Gasteiger partial charge in [0.25, 0.3) is 0 Å². The molecule has 0 amide bonds. The number of anilines is 1. The second-order valence-electron chi connectivity index (χ2n) is 5.85. The molecule has 110 valence electrons. The number of piperidine rings is 1. The van der Waals surface area contributed by atoms with Crippen molar-refractivity contribution in [3.05, 3.63) is 54.7 Å². The summed E-state index contributed by atoms with van der Waals surface area (Å²) >= 11 is 0. The Morgan fingerprint density at radius 3 is 2.41 bits per heavy atom. The molecule has 0 N–H and O–H groups in total. The zero-order valence-electron chi connectivity index (χ0n) is 12.6. The topological polar surface area (TPSA) is 29.0 Å². The van der Waals surface area contributed by atoms with Crippen molar-refractivity contribution in [3.8, 4) is 11.1 Å². The maximum Gasteiger partial charge on any atom is 0.147 e. The van der Waals surface area contributed by atoms with Gasteiger partial charge in [0, 0.05) is 13.1 Å². The molecular formula is C19H19N3. The molecule has 0 atom stereocenters. The summed E-state index contributed by atoms with van der Waals surface area (Å²) in [6.07, 6.45) is 5.75. The van der Waals surface area contributed by atoms with Crippen LogP contribution in [0.15, 0.2) is 54.7 Å². The minimum atomic E-state index is 0.959. The molecule has 22 heavy (non-hydrogen) atoms. The van der Waals surface area contributed by atoms with Gasteiger partial charge in [-0.2, -0.15) is 0 Å². The average molecular weight is 289 g/mol. The Balaban J connectivity index is 1.74. The van der Waals surface area contributed by atoms with Crippen LogP contribution in [0.3, 0.4) is 0 Å². The Kier molecular flexibility index (Phi) is 3.47. The number of rotatable bonds is 2. The zero-order valence-corrected chi connectivity index (χ0v) is 12.6. The van der Waals surface area contributed by atoms with E-state index >= 15 is 0 Å². The molecule has 1 aromatic heterocycles. The molecule has 2 heterocycles. The van der Waals surface area contributed by atoms with Gasteiger partial charge in [0.1, 0.15) is 5.82 Å². The van der Waals surface area contributed by atoms with Gasteiger partial charge in [-0.15, -0.1) is 0 Å². The molecule has 0 spiro atoms. The van der Waals surface area contributed by atoms with Crippen LogP contribution in [-0.2, 0) is 0 Å². The van der Waals surface area contributed by atoms with Crippen LogP contribution >= 0.6 is 0 Å². The maximum atomic E-state index is 4.85. The van der Waals surface area contributed by atoms with Crippen molar-refractivity contribution < 1.29 is 0 Å². The van der Waals surface area contributed by atoms with E-state index in [1.165, 1.54) is 30.4 Å². The summed E-state index contributed by atoms with van der Waals surface area (Å²) in [4.78, 5) is 11.8. The van der Waals surface area contributed by atoms with Gasteiger partial charge < -0.3 is 4.90 Å². The Labute approximate surface area is 130 Å². The molecule has 0 saturated carbocycles. The highest BCUT2D eigenvalue weighted by Crippen LogP contribution is 2.24. The number of hydrogen-bond acceptors (Lipinski definition) is 3. The summed E-state index contributed by atoms with van der Waals surface area (Å²) in [7, 11) is 0. The molecule has 1 saturated heterocycles. The molecule has 1 aliphatic heterocycles. The molecule has 3 heteroatoms. The third-order valence-electron chi connectivity index (χ3n) is 4.32. The van der Waals surface area contributed by atoms with Crippen molar-refractivity contribution >= 4 is 16.9 Å². The summed E-state index contributed by atoms with van der Waals surface area (Å²) in [6.45, 7) is 2.19. The lowest BCUT2D eigenvalue weighted by Gasteiger charge is -2.27. The van der Waals surface area contributed by atoms with Gasteiger partial charge in [-0.3, -0.25) is 4.98 Å². The Morgan fingerprint density at radius 1 is 0.773 bits per heavy atom. The number of benzene rings is 2. The minimum Gasteiger partial charge on any atom is -0.355 e. The van der Waals surface area contributed by atoms with Gasteiger partial charge in [0.15, 0.2) is 0 Å². The molecule has 4 rings (SSSR count). The highest BCUT2D eigenvalue weighted by molar-refractivity contribution is 5.82. The second kappa shape index (κ2) is 5.76. The molecule has 0 aliphatic carbocycles. The van der Waals surface area contributed by atoms with E-state index < -0.39 is 0 Å². The highest BCUT2D eigenvalue weighted by atomic mass is 15.2. The maximum absolute atomic E-state index is 4.85. The van der Waals surface area contributed by atoms with E-state index in [1.807, 2.05) is 12.3 Å². The molecule has 0 unspecified atom stereocenters. The van der Waals surface area contributed by atoms with Gasteiger partial charge in [0.05, 0.1) is 17.2 Å². The lowest BCUT2D eigenvalue weighted by molar-refractivity contribution is 0.573. The Bertz CT molecular complexity index is 777. The third kappa shape index (κ3) is 2.54. The lowest BCUT2D eigenvalue weighted by Crippen LogP contribution is -2.30. The van der Waals surface area contributed by atoms with Crippen LogP contribution in [-0.4, -0.2) is 23.1 Å². The number of hydrogen-bond donors (Lipinski definition) is 0. The number of nitrogens with zero attached hydrogens (tertiary/aromatic N) is 3. The SMILES string of the molecule is c1ccc(-c2ccc3ncc(N4CCCCC4)nc3c2)cc1. The fourth-order valence-electron chi connectivity index (χ4n) is 3.09. The van der Waals surface area contributed by atoms with Crippen molar-refractivity contribution in [1.29, 1.82) is 0 Å². The zero-order chi connectivity index (χ0) is 14.8. The van der Waals surface area contributed by atoms with E-state index in [4.69, 9.17) is 4.98 Å². The third-order valence-corrected chi connectivity index (χ3v) is 4.32. The van der Waals surface area contributed by atoms with Crippen molar-refractivity contribution in [1.82, 2.24) is 9.97 Å². The van der Waals surface area contributed by atoms with E-state index in [2.05, 4.69) is 52.3 Å². The van der Waals surface area contributed by atoms with Crippen LogP contribution in [0.4, 0.5) is 5.82 Å². The van der Waals surface area contributed by atoms with Crippen molar-refractivity contribution in [2.24, 2.45) is 0 Å². The van der Waals surface area contributed by atoms with Gasteiger partial charge >= 0.3 is 0 Å². The monoisotopic (exact) mass is 289 g/mol. The molecule has 1 fully saturated rings. The predicted octanol–water partition coefficient (Wildman–Crippen LogP) is 4.29. The van der Waals surface area contributed by atoms with E-state index in [-0.39, 0.29) is 0 Å². The summed E-state index contributed by atoms with van der Waals surface area (Å²) in [6, 6.07) is 16.7. The molecule has 3 nitrogen and oxygen atoms in total. The first-order valence-electron chi connectivity index (χ1n) is 7.97. The van der Waals surface area contributed by atoms with Crippen molar-refractivity contribution in [3.63, 3.8) is 0 Å². The van der Waals surface area contributed by atoms with Gasteiger partial charge in [0.2, 0.25) is 0 Å². The summed E-state index contributed by atoms with van der Waals surface area (Å²) in [5, 5.41) is 0. The van der Waals surface area contributed by atoms with Crippen LogP contribution in [0.2, 0.25) is 0 Å². The quantitative estimate of drug-likeness (QED) is 0.705.